The monoisotopic (exact) mass is 292 g/mol. The van der Waals surface area contributed by atoms with Crippen molar-refractivity contribution < 1.29 is 22.7 Å². The molecular weight excluding hydrogens is 276 g/mol. The lowest BCUT2D eigenvalue weighted by atomic mass is 10.0. The van der Waals surface area contributed by atoms with E-state index in [1.807, 2.05) is 4.90 Å². The van der Waals surface area contributed by atoms with Gasteiger partial charge in [0.15, 0.2) is 0 Å². The zero-order valence-electron chi connectivity index (χ0n) is 10.8. The quantitative estimate of drug-likeness (QED) is 0.834. The van der Waals surface area contributed by atoms with E-state index in [0.717, 1.165) is 12.1 Å². The van der Waals surface area contributed by atoms with Crippen LogP contribution in [0.15, 0.2) is 18.2 Å². The van der Waals surface area contributed by atoms with Crippen molar-refractivity contribution in [3.63, 3.8) is 0 Å². The van der Waals surface area contributed by atoms with Crippen LogP contribution in [0.3, 0.4) is 0 Å². The summed E-state index contributed by atoms with van der Waals surface area (Å²) >= 11 is 0. The number of hydrogen-bond acceptors (Lipinski definition) is 3. The number of alkyl halides is 3. The van der Waals surface area contributed by atoms with Gasteiger partial charge in [0.25, 0.3) is 0 Å². The Bertz CT molecular complexity index is 458. The van der Waals surface area contributed by atoms with Gasteiger partial charge in [-0.15, -0.1) is 0 Å². The second-order valence-electron chi connectivity index (χ2n) is 4.72. The van der Waals surface area contributed by atoms with E-state index >= 15 is 0 Å². The fraction of sp³-hybridized carbons (Fsp3) is 0.538. The molecule has 0 unspecified atom stereocenters. The minimum absolute atomic E-state index is 0.0994. The van der Waals surface area contributed by atoms with Gasteiger partial charge in [-0.1, -0.05) is 6.07 Å². The lowest BCUT2D eigenvalue weighted by molar-refractivity contribution is -0.137. The molecule has 1 aromatic rings. The first-order valence-electron chi connectivity index (χ1n) is 6.35. The van der Waals surface area contributed by atoms with Crippen LogP contribution in [-0.2, 0) is 6.18 Å². The lowest BCUT2D eigenvalue weighted by Crippen LogP contribution is -2.46. The predicted octanol–water partition coefficient (Wildman–Crippen LogP) is 1.78. The van der Waals surface area contributed by atoms with E-state index in [9.17, 15) is 22.7 Å². The minimum Gasteiger partial charge on any atom is -0.394 e. The van der Waals surface area contributed by atoms with Crippen LogP contribution in [0.1, 0.15) is 17.2 Å². The third kappa shape index (κ3) is 3.28. The third-order valence-corrected chi connectivity index (χ3v) is 3.45. The summed E-state index contributed by atoms with van der Waals surface area (Å²) in [5, 5.41) is 12.6. The highest BCUT2D eigenvalue weighted by Crippen LogP contribution is 2.32. The van der Waals surface area contributed by atoms with E-state index in [1.165, 1.54) is 0 Å². The molecule has 20 heavy (non-hydrogen) atoms. The summed E-state index contributed by atoms with van der Waals surface area (Å²) in [6, 6.07) is 1.84. The van der Waals surface area contributed by atoms with Gasteiger partial charge < -0.3 is 10.4 Å². The number of rotatable bonds is 3. The molecule has 0 aliphatic carbocycles. The molecule has 0 spiro atoms. The number of benzene rings is 1. The van der Waals surface area contributed by atoms with E-state index in [-0.39, 0.29) is 12.2 Å². The van der Waals surface area contributed by atoms with E-state index in [1.54, 1.807) is 0 Å². The maximum atomic E-state index is 13.9. The summed E-state index contributed by atoms with van der Waals surface area (Å²) < 4.78 is 51.4. The fourth-order valence-electron chi connectivity index (χ4n) is 2.38. The molecule has 2 rings (SSSR count). The second kappa shape index (κ2) is 6.07. The van der Waals surface area contributed by atoms with Crippen molar-refractivity contribution in [2.45, 2.75) is 12.2 Å². The van der Waals surface area contributed by atoms with Crippen molar-refractivity contribution in [3.05, 3.63) is 35.1 Å². The van der Waals surface area contributed by atoms with Crippen LogP contribution in [0.4, 0.5) is 17.6 Å². The Labute approximate surface area is 114 Å². The van der Waals surface area contributed by atoms with E-state index in [2.05, 4.69) is 5.32 Å². The van der Waals surface area contributed by atoms with Crippen LogP contribution in [-0.4, -0.2) is 42.8 Å². The van der Waals surface area contributed by atoms with E-state index in [0.29, 0.717) is 32.2 Å². The van der Waals surface area contributed by atoms with Gasteiger partial charge >= 0.3 is 6.18 Å². The van der Waals surface area contributed by atoms with Crippen LogP contribution in [0.25, 0.3) is 0 Å². The molecule has 0 amide bonds. The number of piperazine rings is 1. The molecule has 1 aromatic carbocycles. The van der Waals surface area contributed by atoms with Crippen molar-refractivity contribution in [2.75, 3.05) is 32.8 Å². The van der Waals surface area contributed by atoms with E-state index in [4.69, 9.17) is 0 Å². The number of aliphatic hydroxyl groups is 1. The summed E-state index contributed by atoms with van der Waals surface area (Å²) in [5.74, 6) is -0.933. The Kier molecular flexibility index (Phi) is 4.62. The topological polar surface area (TPSA) is 35.5 Å². The number of hydrogen-bond donors (Lipinski definition) is 2. The number of aliphatic hydroxyl groups excluding tert-OH is 1. The summed E-state index contributed by atoms with van der Waals surface area (Å²) in [6.45, 7) is 2.32. The molecule has 1 fully saturated rings. The average molecular weight is 292 g/mol. The Morgan fingerprint density at radius 1 is 1.25 bits per heavy atom. The van der Waals surface area contributed by atoms with Crippen LogP contribution < -0.4 is 5.32 Å². The highest BCUT2D eigenvalue weighted by molar-refractivity contribution is 5.29. The molecule has 0 saturated carbocycles. The van der Waals surface area contributed by atoms with Crippen LogP contribution in [0.5, 0.6) is 0 Å². The zero-order valence-corrected chi connectivity index (χ0v) is 10.8. The van der Waals surface area contributed by atoms with Crippen LogP contribution >= 0.6 is 0 Å². The Morgan fingerprint density at radius 3 is 2.40 bits per heavy atom. The van der Waals surface area contributed by atoms with Gasteiger partial charge in [0.1, 0.15) is 5.82 Å². The average Bonchev–Trinajstić information content (AvgIpc) is 2.41. The molecule has 112 valence electrons. The van der Waals surface area contributed by atoms with Gasteiger partial charge in [0.2, 0.25) is 0 Å². The van der Waals surface area contributed by atoms with Gasteiger partial charge in [0.05, 0.1) is 18.2 Å². The molecule has 0 radical (unpaired) electrons. The molecular formula is C13H16F4N2O. The van der Waals surface area contributed by atoms with Crippen molar-refractivity contribution in [3.8, 4) is 0 Å². The molecule has 1 atom stereocenters. The summed E-state index contributed by atoms with van der Waals surface area (Å²) in [6.07, 6.45) is -4.57. The highest BCUT2D eigenvalue weighted by Gasteiger charge is 2.32. The molecule has 0 bridgehead atoms. The molecule has 3 nitrogen and oxygen atoms in total. The number of halogens is 4. The lowest BCUT2D eigenvalue weighted by Gasteiger charge is -2.34. The predicted molar refractivity (Wildman–Crippen MR) is 65.7 cm³/mol. The molecule has 1 heterocycles. The molecule has 0 aromatic heterocycles. The van der Waals surface area contributed by atoms with Crippen LogP contribution in [0.2, 0.25) is 0 Å². The highest BCUT2D eigenvalue weighted by atomic mass is 19.4. The molecule has 1 saturated heterocycles. The Hall–Kier alpha value is -1.18. The van der Waals surface area contributed by atoms with Gasteiger partial charge in [-0.3, -0.25) is 4.90 Å². The van der Waals surface area contributed by atoms with Crippen molar-refractivity contribution in [1.29, 1.82) is 0 Å². The Morgan fingerprint density at radius 2 is 1.90 bits per heavy atom. The normalized spacial score (nSPS) is 19.1. The van der Waals surface area contributed by atoms with Gasteiger partial charge in [-0.05, 0) is 12.1 Å². The van der Waals surface area contributed by atoms with Gasteiger partial charge in [-0.25, -0.2) is 4.39 Å². The first kappa shape index (κ1) is 15.2. The number of nitrogens with one attached hydrogen (secondary N) is 1. The molecule has 1 aliphatic heterocycles. The minimum atomic E-state index is -4.57. The first-order valence-corrected chi connectivity index (χ1v) is 6.35. The molecule has 7 heteroatoms. The maximum Gasteiger partial charge on any atom is 0.416 e. The van der Waals surface area contributed by atoms with Gasteiger partial charge in [0, 0.05) is 31.7 Å². The van der Waals surface area contributed by atoms with Crippen molar-refractivity contribution >= 4 is 0 Å². The van der Waals surface area contributed by atoms with Crippen molar-refractivity contribution in [1.82, 2.24) is 10.2 Å². The molecule has 1 aliphatic rings. The van der Waals surface area contributed by atoms with Gasteiger partial charge in [-0.2, -0.15) is 13.2 Å². The zero-order chi connectivity index (χ0) is 14.8. The molecule has 2 N–H and O–H groups in total. The first-order chi connectivity index (χ1) is 9.43. The summed E-state index contributed by atoms with van der Waals surface area (Å²) in [5.41, 5.74) is -0.918. The largest absolute Gasteiger partial charge is 0.416 e. The number of nitrogens with zero attached hydrogens (tertiary/aromatic N) is 1. The summed E-state index contributed by atoms with van der Waals surface area (Å²) in [7, 11) is 0. The second-order valence-corrected chi connectivity index (χ2v) is 4.72. The maximum absolute atomic E-state index is 13.9. The standard InChI is InChI=1S/C13H16F4N2O/c14-11-7-9(13(15,16)17)1-2-10(11)12(8-20)19-5-3-18-4-6-19/h1-2,7,12,18,20H,3-6,8H2/t12-/m0/s1. The van der Waals surface area contributed by atoms with Crippen LogP contribution in [0, 0.1) is 5.82 Å². The van der Waals surface area contributed by atoms with Crippen molar-refractivity contribution in [2.24, 2.45) is 0 Å². The fourth-order valence-corrected chi connectivity index (χ4v) is 2.38. The third-order valence-electron chi connectivity index (χ3n) is 3.45. The van der Waals surface area contributed by atoms with E-state index < -0.39 is 23.6 Å². The SMILES string of the molecule is OC[C@@H](c1ccc(C(F)(F)F)cc1F)N1CCNCC1. The summed E-state index contributed by atoms with van der Waals surface area (Å²) in [4.78, 5) is 1.86. The Balaban J connectivity index is 2.26. The smallest absolute Gasteiger partial charge is 0.394 e.